The second-order valence-electron chi connectivity index (χ2n) is 6.64. The van der Waals surface area contributed by atoms with E-state index in [4.69, 9.17) is 0 Å². The fourth-order valence-corrected chi connectivity index (χ4v) is 5.35. The summed E-state index contributed by atoms with van der Waals surface area (Å²) in [6.45, 7) is 0.599. The molecule has 0 unspecified atom stereocenters. The van der Waals surface area contributed by atoms with Gasteiger partial charge in [0.25, 0.3) is 0 Å². The van der Waals surface area contributed by atoms with Crippen molar-refractivity contribution in [1.29, 1.82) is 0 Å². The fourth-order valence-electron chi connectivity index (χ4n) is 3.19. The average molecular weight is 430 g/mol. The predicted octanol–water partition coefficient (Wildman–Crippen LogP) is 2.64. The molecule has 0 spiro atoms. The summed E-state index contributed by atoms with van der Waals surface area (Å²) in [4.78, 5) is 25.2. The Morgan fingerprint density at radius 1 is 1.10 bits per heavy atom. The molecule has 0 aliphatic carbocycles. The van der Waals surface area contributed by atoms with Gasteiger partial charge in [-0.2, -0.15) is 4.31 Å². The van der Waals surface area contributed by atoms with E-state index in [1.54, 1.807) is 18.5 Å². The molecule has 29 heavy (non-hydrogen) atoms. The van der Waals surface area contributed by atoms with E-state index >= 15 is 0 Å². The van der Waals surface area contributed by atoms with Gasteiger partial charge in [0.2, 0.25) is 15.9 Å². The Balaban J connectivity index is 1.36. The second-order valence-corrected chi connectivity index (χ2v) is 9.43. The van der Waals surface area contributed by atoms with Crippen molar-refractivity contribution in [2.45, 2.75) is 17.7 Å². The number of rotatable bonds is 5. The van der Waals surface area contributed by atoms with Gasteiger partial charge in [0.05, 0.1) is 5.69 Å². The minimum Gasteiger partial charge on any atom is -0.302 e. The highest BCUT2D eigenvalue weighted by Crippen LogP contribution is 2.27. The zero-order valence-corrected chi connectivity index (χ0v) is 17.1. The fraction of sp³-hybridized carbons (Fsp3) is 0.263. The summed E-state index contributed by atoms with van der Waals surface area (Å²) in [5.74, 6) is -0.378. The van der Waals surface area contributed by atoms with Crippen LogP contribution in [0.4, 0.5) is 5.13 Å². The van der Waals surface area contributed by atoms with E-state index in [1.165, 1.54) is 34.1 Å². The van der Waals surface area contributed by atoms with Gasteiger partial charge < -0.3 is 5.32 Å². The summed E-state index contributed by atoms with van der Waals surface area (Å²) in [6, 6.07) is 6.87. The Morgan fingerprint density at radius 2 is 1.83 bits per heavy atom. The third-order valence-corrected chi connectivity index (χ3v) is 7.43. The monoisotopic (exact) mass is 429 g/mol. The maximum Gasteiger partial charge on any atom is 0.244 e. The molecule has 1 amide bonds. The van der Waals surface area contributed by atoms with E-state index in [0.717, 1.165) is 11.3 Å². The standard InChI is InChI=1S/C19H19N5O3S2/c25-18(23-19-22-17(13-28-19)15-3-1-7-20-11-15)14-5-9-24(10-6-14)29(26,27)16-4-2-8-21-12-16/h1-4,7-8,11-14H,5-6,9-10H2,(H,22,23,25). The predicted molar refractivity (Wildman–Crippen MR) is 110 cm³/mol. The van der Waals surface area contributed by atoms with Crippen molar-refractivity contribution < 1.29 is 13.2 Å². The molecule has 8 nitrogen and oxygen atoms in total. The number of carbonyl (C=O) groups excluding carboxylic acids is 1. The molecular weight excluding hydrogens is 410 g/mol. The lowest BCUT2D eigenvalue weighted by molar-refractivity contribution is -0.120. The maximum absolute atomic E-state index is 12.7. The van der Waals surface area contributed by atoms with Crippen LogP contribution < -0.4 is 5.32 Å². The van der Waals surface area contributed by atoms with Gasteiger partial charge in [0, 0.05) is 54.7 Å². The van der Waals surface area contributed by atoms with E-state index in [9.17, 15) is 13.2 Å². The summed E-state index contributed by atoms with van der Waals surface area (Å²) in [5, 5.41) is 5.25. The van der Waals surface area contributed by atoms with Gasteiger partial charge in [0.15, 0.2) is 5.13 Å². The lowest BCUT2D eigenvalue weighted by atomic mass is 9.97. The number of nitrogens with zero attached hydrogens (tertiary/aromatic N) is 4. The third kappa shape index (κ3) is 4.34. The Morgan fingerprint density at radius 3 is 2.48 bits per heavy atom. The molecule has 10 heteroatoms. The van der Waals surface area contributed by atoms with Gasteiger partial charge in [-0.15, -0.1) is 11.3 Å². The van der Waals surface area contributed by atoms with Gasteiger partial charge in [0.1, 0.15) is 4.90 Å². The Hall–Kier alpha value is -2.69. The molecule has 4 rings (SSSR count). The van der Waals surface area contributed by atoms with Crippen molar-refractivity contribution in [2.75, 3.05) is 18.4 Å². The van der Waals surface area contributed by atoms with Crippen LogP contribution in [-0.4, -0.2) is 46.7 Å². The largest absolute Gasteiger partial charge is 0.302 e. The Labute approximate surface area is 172 Å². The first-order valence-corrected chi connectivity index (χ1v) is 11.4. The number of sulfonamides is 1. The first-order chi connectivity index (χ1) is 14.0. The molecule has 3 aromatic heterocycles. The van der Waals surface area contributed by atoms with E-state index in [2.05, 4.69) is 20.3 Å². The maximum atomic E-state index is 12.7. The number of aromatic nitrogens is 3. The van der Waals surface area contributed by atoms with Crippen LogP contribution in [0.2, 0.25) is 0 Å². The molecular formula is C19H19N5O3S2. The number of amides is 1. The van der Waals surface area contributed by atoms with E-state index in [-0.39, 0.29) is 16.7 Å². The van der Waals surface area contributed by atoms with Crippen LogP contribution in [0.5, 0.6) is 0 Å². The van der Waals surface area contributed by atoms with Gasteiger partial charge in [-0.05, 0) is 37.1 Å². The van der Waals surface area contributed by atoms with E-state index < -0.39 is 10.0 Å². The highest BCUT2D eigenvalue weighted by molar-refractivity contribution is 7.89. The smallest absolute Gasteiger partial charge is 0.244 e. The van der Waals surface area contributed by atoms with Crippen molar-refractivity contribution >= 4 is 32.4 Å². The molecule has 3 aromatic rings. The van der Waals surface area contributed by atoms with Crippen LogP contribution in [0.3, 0.4) is 0 Å². The molecule has 0 aromatic carbocycles. The molecule has 1 fully saturated rings. The number of piperidine rings is 1. The molecule has 0 bridgehead atoms. The van der Waals surface area contributed by atoms with Crippen LogP contribution in [-0.2, 0) is 14.8 Å². The van der Waals surface area contributed by atoms with Crippen molar-refractivity contribution in [2.24, 2.45) is 5.92 Å². The number of anilines is 1. The molecule has 1 aliphatic rings. The van der Waals surface area contributed by atoms with Crippen LogP contribution in [0.15, 0.2) is 59.3 Å². The van der Waals surface area contributed by atoms with Crippen LogP contribution >= 0.6 is 11.3 Å². The third-order valence-electron chi connectivity index (χ3n) is 4.79. The molecule has 1 N–H and O–H groups in total. The molecule has 150 valence electrons. The Kier molecular flexibility index (Phi) is 5.65. The average Bonchev–Trinajstić information content (AvgIpc) is 3.23. The van der Waals surface area contributed by atoms with Crippen molar-refractivity contribution in [3.05, 3.63) is 54.4 Å². The van der Waals surface area contributed by atoms with Crippen molar-refractivity contribution in [1.82, 2.24) is 19.3 Å². The summed E-state index contributed by atoms with van der Waals surface area (Å²) in [6.07, 6.45) is 7.22. The summed E-state index contributed by atoms with van der Waals surface area (Å²) in [5.41, 5.74) is 1.65. The number of nitrogens with one attached hydrogen (secondary N) is 1. The van der Waals surface area contributed by atoms with Crippen LogP contribution in [0, 0.1) is 5.92 Å². The molecule has 0 saturated carbocycles. The number of pyridine rings is 2. The van der Waals surface area contributed by atoms with Gasteiger partial charge in [-0.1, -0.05) is 0 Å². The van der Waals surface area contributed by atoms with Crippen LogP contribution in [0.1, 0.15) is 12.8 Å². The Bertz CT molecular complexity index is 1080. The second kappa shape index (κ2) is 8.36. The topological polar surface area (TPSA) is 105 Å². The first-order valence-electron chi connectivity index (χ1n) is 9.11. The minimum absolute atomic E-state index is 0.129. The van der Waals surface area contributed by atoms with Gasteiger partial charge >= 0.3 is 0 Å². The van der Waals surface area contributed by atoms with Gasteiger partial charge in [-0.25, -0.2) is 13.4 Å². The zero-order valence-electron chi connectivity index (χ0n) is 15.4. The molecule has 0 atom stereocenters. The highest BCUT2D eigenvalue weighted by atomic mass is 32.2. The lowest BCUT2D eigenvalue weighted by Gasteiger charge is -2.30. The molecule has 4 heterocycles. The zero-order chi connectivity index (χ0) is 20.3. The lowest BCUT2D eigenvalue weighted by Crippen LogP contribution is -2.41. The van der Waals surface area contributed by atoms with E-state index in [1.807, 2.05) is 17.5 Å². The quantitative estimate of drug-likeness (QED) is 0.668. The first kappa shape index (κ1) is 19.6. The number of carbonyl (C=O) groups is 1. The molecule has 0 radical (unpaired) electrons. The normalized spacial score (nSPS) is 15.9. The van der Waals surface area contributed by atoms with Crippen molar-refractivity contribution in [3.63, 3.8) is 0 Å². The number of hydrogen-bond donors (Lipinski definition) is 1. The highest BCUT2D eigenvalue weighted by Gasteiger charge is 2.32. The number of hydrogen-bond acceptors (Lipinski definition) is 7. The summed E-state index contributed by atoms with van der Waals surface area (Å²) in [7, 11) is -3.57. The minimum atomic E-state index is -3.57. The summed E-state index contributed by atoms with van der Waals surface area (Å²) < 4.78 is 26.7. The number of thiazole rings is 1. The van der Waals surface area contributed by atoms with Crippen LogP contribution in [0.25, 0.3) is 11.3 Å². The van der Waals surface area contributed by atoms with Gasteiger partial charge in [-0.3, -0.25) is 14.8 Å². The SMILES string of the molecule is O=C(Nc1nc(-c2cccnc2)cs1)C1CCN(S(=O)(=O)c2cccnc2)CC1. The van der Waals surface area contributed by atoms with Crippen molar-refractivity contribution in [3.8, 4) is 11.3 Å². The molecule has 1 aliphatic heterocycles. The summed E-state index contributed by atoms with van der Waals surface area (Å²) >= 11 is 1.35. The molecule has 1 saturated heterocycles. The van der Waals surface area contributed by atoms with E-state index in [0.29, 0.717) is 31.1 Å².